The lowest BCUT2D eigenvalue weighted by Gasteiger charge is -2.57. The molecule has 5 aliphatic rings. The summed E-state index contributed by atoms with van der Waals surface area (Å²) in [7, 11) is 0. The summed E-state index contributed by atoms with van der Waals surface area (Å²) in [6.45, 7) is 2.67. The van der Waals surface area contributed by atoms with Crippen LogP contribution in [-0.4, -0.2) is 47.8 Å². The van der Waals surface area contributed by atoms with Crippen LogP contribution in [0.1, 0.15) is 44.1 Å². The van der Waals surface area contributed by atoms with Crippen molar-refractivity contribution >= 4 is 17.9 Å². The number of benzene rings is 1. The Hall–Kier alpha value is -2.10. The van der Waals surface area contributed by atoms with Crippen molar-refractivity contribution in [3.05, 3.63) is 42.0 Å². The molecule has 6 rings (SSSR count). The van der Waals surface area contributed by atoms with E-state index in [4.69, 9.17) is 0 Å². The first-order valence-electron chi connectivity index (χ1n) is 10.9. The van der Waals surface area contributed by atoms with Crippen LogP contribution in [0.5, 0.6) is 0 Å². The van der Waals surface area contributed by atoms with Crippen LogP contribution < -0.4 is 0 Å². The number of piperazine rings is 1. The second kappa shape index (κ2) is 7.06. The first-order chi connectivity index (χ1) is 13.6. The van der Waals surface area contributed by atoms with Gasteiger partial charge < -0.3 is 9.80 Å². The van der Waals surface area contributed by atoms with Gasteiger partial charge in [0.1, 0.15) is 0 Å². The van der Waals surface area contributed by atoms with Crippen molar-refractivity contribution in [3.8, 4) is 0 Å². The first kappa shape index (κ1) is 18.0. The van der Waals surface area contributed by atoms with Crippen LogP contribution in [0.4, 0.5) is 0 Å². The van der Waals surface area contributed by atoms with Gasteiger partial charge in [0.25, 0.3) is 0 Å². The van der Waals surface area contributed by atoms with E-state index in [0.29, 0.717) is 32.1 Å². The van der Waals surface area contributed by atoms with Gasteiger partial charge in [0.05, 0.1) is 5.41 Å². The molecule has 1 aromatic carbocycles. The summed E-state index contributed by atoms with van der Waals surface area (Å²) in [4.78, 5) is 29.9. The Bertz CT molecular complexity index is 742. The standard InChI is InChI=1S/C24H30N2O2/c27-22(7-6-18-4-2-1-3-5-18)25-8-10-26(11-9-25)23(28)24-15-19-12-20(16-24)14-21(13-19)17-24/h1-7,19-21H,8-17H2/b7-6+. The van der Waals surface area contributed by atoms with Crippen molar-refractivity contribution in [1.29, 1.82) is 0 Å². The third-order valence-corrected chi connectivity index (χ3v) is 7.59. The Labute approximate surface area is 167 Å². The number of rotatable bonds is 3. The fourth-order valence-corrected chi connectivity index (χ4v) is 6.67. The normalized spacial score (nSPS) is 34.2. The summed E-state index contributed by atoms with van der Waals surface area (Å²) in [5, 5.41) is 0. The van der Waals surface area contributed by atoms with Crippen LogP contribution in [0.15, 0.2) is 36.4 Å². The SMILES string of the molecule is O=C(/C=C/c1ccccc1)N1CCN(C(=O)C23CC4CC(CC(C4)C2)C3)CC1. The minimum Gasteiger partial charge on any atom is -0.339 e. The number of nitrogens with zero attached hydrogens (tertiary/aromatic N) is 2. The van der Waals surface area contributed by atoms with Crippen LogP contribution >= 0.6 is 0 Å². The van der Waals surface area contributed by atoms with Crippen LogP contribution in [0.2, 0.25) is 0 Å². The smallest absolute Gasteiger partial charge is 0.246 e. The number of amides is 2. The Morgan fingerprint density at radius 1 is 0.821 bits per heavy atom. The second-order valence-corrected chi connectivity index (χ2v) is 9.56. The second-order valence-electron chi connectivity index (χ2n) is 9.56. The van der Waals surface area contributed by atoms with E-state index in [0.717, 1.165) is 42.6 Å². The molecule has 1 saturated heterocycles. The van der Waals surface area contributed by atoms with Gasteiger partial charge in [-0.3, -0.25) is 9.59 Å². The monoisotopic (exact) mass is 378 g/mol. The molecule has 0 N–H and O–H groups in total. The van der Waals surface area contributed by atoms with Crippen LogP contribution in [-0.2, 0) is 9.59 Å². The zero-order chi connectivity index (χ0) is 19.1. The number of carbonyl (C=O) groups excluding carboxylic acids is 2. The maximum absolute atomic E-state index is 13.4. The average Bonchev–Trinajstić information content (AvgIpc) is 2.71. The summed E-state index contributed by atoms with van der Waals surface area (Å²) in [6.07, 6.45) is 11.0. The van der Waals surface area contributed by atoms with Gasteiger partial charge in [-0.05, 0) is 67.9 Å². The van der Waals surface area contributed by atoms with Crippen molar-refractivity contribution in [2.24, 2.45) is 23.2 Å². The van der Waals surface area contributed by atoms with Gasteiger partial charge in [-0.1, -0.05) is 30.3 Å². The molecular formula is C24H30N2O2. The van der Waals surface area contributed by atoms with Crippen molar-refractivity contribution in [2.45, 2.75) is 38.5 Å². The maximum Gasteiger partial charge on any atom is 0.246 e. The van der Waals surface area contributed by atoms with E-state index in [1.54, 1.807) is 6.08 Å². The van der Waals surface area contributed by atoms with Crippen molar-refractivity contribution in [1.82, 2.24) is 9.80 Å². The average molecular weight is 379 g/mol. The molecule has 4 heteroatoms. The highest BCUT2D eigenvalue weighted by Gasteiger charge is 2.55. The summed E-state index contributed by atoms with van der Waals surface area (Å²) in [5.41, 5.74) is 0.972. The number of hydrogen-bond donors (Lipinski definition) is 0. The quantitative estimate of drug-likeness (QED) is 0.754. The molecule has 0 aromatic heterocycles. The molecule has 0 radical (unpaired) electrons. The van der Waals surface area contributed by atoms with Crippen molar-refractivity contribution in [2.75, 3.05) is 26.2 Å². The van der Waals surface area contributed by atoms with Gasteiger partial charge in [-0.25, -0.2) is 0 Å². The molecule has 2 amide bonds. The molecule has 4 nitrogen and oxygen atoms in total. The molecule has 0 unspecified atom stereocenters. The third-order valence-electron chi connectivity index (χ3n) is 7.59. The molecule has 148 valence electrons. The fourth-order valence-electron chi connectivity index (χ4n) is 6.67. The van der Waals surface area contributed by atoms with E-state index < -0.39 is 0 Å². The summed E-state index contributed by atoms with van der Waals surface area (Å²) < 4.78 is 0. The van der Waals surface area contributed by atoms with Crippen LogP contribution in [0.3, 0.4) is 0 Å². The molecule has 1 aromatic rings. The molecule has 4 aliphatic carbocycles. The third kappa shape index (κ3) is 3.27. The highest BCUT2D eigenvalue weighted by molar-refractivity contribution is 5.92. The van der Waals surface area contributed by atoms with Crippen molar-refractivity contribution < 1.29 is 9.59 Å². The lowest BCUT2D eigenvalue weighted by Crippen LogP contribution is -2.58. The fraction of sp³-hybridized carbons (Fsp3) is 0.583. The van der Waals surface area contributed by atoms with E-state index in [-0.39, 0.29) is 11.3 Å². The minimum absolute atomic E-state index is 0.0470. The van der Waals surface area contributed by atoms with Crippen molar-refractivity contribution in [3.63, 3.8) is 0 Å². The van der Waals surface area contributed by atoms with E-state index in [1.807, 2.05) is 41.3 Å². The minimum atomic E-state index is -0.0614. The molecule has 5 fully saturated rings. The molecule has 1 aliphatic heterocycles. The lowest BCUT2D eigenvalue weighted by atomic mass is 9.49. The highest BCUT2D eigenvalue weighted by Crippen LogP contribution is 2.60. The van der Waals surface area contributed by atoms with Gasteiger partial charge in [0.2, 0.25) is 11.8 Å². The molecule has 28 heavy (non-hydrogen) atoms. The lowest BCUT2D eigenvalue weighted by molar-refractivity contribution is -0.160. The zero-order valence-corrected chi connectivity index (χ0v) is 16.6. The molecule has 1 heterocycles. The van der Waals surface area contributed by atoms with Gasteiger partial charge in [-0.15, -0.1) is 0 Å². The summed E-state index contributed by atoms with van der Waals surface area (Å²) in [6, 6.07) is 9.90. The van der Waals surface area contributed by atoms with E-state index in [1.165, 1.54) is 19.3 Å². The Morgan fingerprint density at radius 3 is 1.93 bits per heavy atom. The molecule has 4 bridgehead atoms. The number of carbonyl (C=O) groups is 2. The Kier molecular flexibility index (Phi) is 4.53. The van der Waals surface area contributed by atoms with E-state index >= 15 is 0 Å². The van der Waals surface area contributed by atoms with E-state index in [2.05, 4.69) is 4.90 Å². The predicted molar refractivity (Wildman–Crippen MR) is 109 cm³/mol. The molecule has 0 atom stereocenters. The maximum atomic E-state index is 13.4. The van der Waals surface area contributed by atoms with Gasteiger partial charge in [0.15, 0.2) is 0 Å². The van der Waals surface area contributed by atoms with Gasteiger partial charge in [0, 0.05) is 32.3 Å². The van der Waals surface area contributed by atoms with E-state index in [9.17, 15) is 9.59 Å². The molecule has 0 spiro atoms. The number of hydrogen-bond acceptors (Lipinski definition) is 2. The zero-order valence-electron chi connectivity index (χ0n) is 16.6. The van der Waals surface area contributed by atoms with Crippen LogP contribution in [0, 0.1) is 23.2 Å². The summed E-state index contributed by atoms with van der Waals surface area (Å²) in [5.74, 6) is 2.83. The Morgan fingerprint density at radius 2 is 1.36 bits per heavy atom. The predicted octanol–water partition coefficient (Wildman–Crippen LogP) is 3.59. The highest BCUT2D eigenvalue weighted by atomic mass is 16.2. The topological polar surface area (TPSA) is 40.6 Å². The van der Waals surface area contributed by atoms with Gasteiger partial charge >= 0.3 is 0 Å². The van der Waals surface area contributed by atoms with Crippen LogP contribution in [0.25, 0.3) is 6.08 Å². The Balaban J connectivity index is 1.19. The first-order valence-corrected chi connectivity index (χ1v) is 10.9. The molecule has 4 saturated carbocycles. The largest absolute Gasteiger partial charge is 0.339 e. The summed E-state index contributed by atoms with van der Waals surface area (Å²) >= 11 is 0. The molecular weight excluding hydrogens is 348 g/mol. The van der Waals surface area contributed by atoms with Gasteiger partial charge in [-0.2, -0.15) is 0 Å².